The van der Waals surface area contributed by atoms with Gasteiger partial charge in [0.2, 0.25) is 0 Å². The van der Waals surface area contributed by atoms with Gasteiger partial charge in [-0.15, -0.1) is 0 Å². The number of carbonyl (C=O) groups excluding carboxylic acids is 1. The number of nitrogens with zero attached hydrogens (tertiary/aromatic N) is 1. The van der Waals surface area contributed by atoms with E-state index in [1.807, 2.05) is 13.8 Å². The first kappa shape index (κ1) is 20.6. The number of benzene rings is 2. The van der Waals surface area contributed by atoms with Crippen LogP contribution in [-0.2, 0) is 6.54 Å². The van der Waals surface area contributed by atoms with Crippen LogP contribution < -0.4 is 4.74 Å². The van der Waals surface area contributed by atoms with Gasteiger partial charge in [-0.3, -0.25) is 4.79 Å². The fourth-order valence-corrected chi connectivity index (χ4v) is 4.80. The van der Waals surface area contributed by atoms with Gasteiger partial charge in [-0.1, -0.05) is 6.07 Å². The van der Waals surface area contributed by atoms with E-state index in [9.17, 15) is 18.7 Å². The molecule has 1 saturated carbocycles. The van der Waals surface area contributed by atoms with E-state index in [0.29, 0.717) is 41.8 Å². The largest absolute Gasteiger partial charge is 0.505 e. The number of hydrogen-bond acceptors (Lipinski definition) is 3. The van der Waals surface area contributed by atoms with Crippen molar-refractivity contribution in [3.8, 4) is 11.5 Å². The standard InChI is InChI=1S/C24H27F2NO3/c1-24(2,30-19-5-3-4-18(25)11-19)17-8-6-15(7-9-17)13-27-14-16-10-21(26)22(28)12-20(16)23(27)29/h3-5,10-12,15,17,28H,6-9,13-14H2,1-2H3. The van der Waals surface area contributed by atoms with Crippen LogP contribution in [0.5, 0.6) is 11.5 Å². The Morgan fingerprint density at radius 3 is 2.57 bits per heavy atom. The van der Waals surface area contributed by atoms with Crippen LogP contribution in [0.3, 0.4) is 0 Å². The summed E-state index contributed by atoms with van der Waals surface area (Å²) in [6.45, 7) is 5.11. The summed E-state index contributed by atoms with van der Waals surface area (Å²) in [5.41, 5.74) is 0.619. The molecule has 1 amide bonds. The summed E-state index contributed by atoms with van der Waals surface area (Å²) in [7, 11) is 0. The third-order valence-electron chi connectivity index (χ3n) is 6.54. The smallest absolute Gasteiger partial charge is 0.254 e. The zero-order valence-electron chi connectivity index (χ0n) is 17.3. The van der Waals surface area contributed by atoms with Crippen molar-refractivity contribution in [2.24, 2.45) is 11.8 Å². The lowest BCUT2D eigenvalue weighted by Gasteiger charge is -2.40. The fraction of sp³-hybridized carbons (Fsp3) is 0.458. The maximum absolute atomic E-state index is 13.6. The Bertz CT molecular complexity index is 951. The average Bonchev–Trinajstić information content (AvgIpc) is 2.97. The summed E-state index contributed by atoms with van der Waals surface area (Å²) >= 11 is 0. The van der Waals surface area contributed by atoms with Crippen molar-refractivity contribution in [1.82, 2.24) is 4.90 Å². The fourth-order valence-electron chi connectivity index (χ4n) is 4.80. The highest BCUT2D eigenvalue weighted by Crippen LogP contribution is 2.39. The van der Waals surface area contributed by atoms with E-state index < -0.39 is 17.2 Å². The topological polar surface area (TPSA) is 49.8 Å². The molecule has 6 heteroatoms. The molecule has 1 fully saturated rings. The highest BCUT2D eigenvalue weighted by atomic mass is 19.1. The van der Waals surface area contributed by atoms with Crippen LogP contribution in [0.25, 0.3) is 0 Å². The molecular weight excluding hydrogens is 388 g/mol. The summed E-state index contributed by atoms with van der Waals surface area (Å²) in [5.74, 6) is -0.362. The zero-order chi connectivity index (χ0) is 21.5. The molecule has 2 aliphatic rings. The van der Waals surface area contributed by atoms with Gasteiger partial charge in [0.1, 0.15) is 17.2 Å². The van der Waals surface area contributed by atoms with Crippen molar-refractivity contribution >= 4 is 5.91 Å². The van der Waals surface area contributed by atoms with E-state index in [1.54, 1.807) is 17.0 Å². The molecule has 30 heavy (non-hydrogen) atoms. The number of halogens is 2. The second-order valence-electron chi connectivity index (χ2n) is 9.03. The van der Waals surface area contributed by atoms with Crippen LogP contribution in [0.2, 0.25) is 0 Å². The van der Waals surface area contributed by atoms with Crippen molar-refractivity contribution in [2.45, 2.75) is 51.7 Å². The van der Waals surface area contributed by atoms with Crippen LogP contribution in [0.1, 0.15) is 55.5 Å². The predicted octanol–water partition coefficient (Wildman–Crippen LogP) is 5.29. The molecule has 2 aromatic rings. The van der Waals surface area contributed by atoms with Gasteiger partial charge in [-0.05, 0) is 81.2 Å². The maximum Gasteiger partial charge on any atom is 0.254 e. The molecule has 1 heterocycles. The normalized spacial score (nSPS) is 21.6. The molecule has 4 nitrogen and oxygen atoms in total. The Hall–Kier alpha value is -2.63. The lowest BCUT2D eigenvalue weighted by Crippen LogP contribution is -2.41. The molecule has 0 bridgehead atoms. The van der Waals surface area contributed by atoms with Crippen molar-refractivity contribution in [3.63, 3.8) is 0 Å². The van der Waals surface area contributed by atoms with E-state index in [0.717, 1.165) is 25.7 Å². The number of phenols is 1. The SMILES string of the molecule is CC(C)(Oc1cccc(F)c1)C1CCC(CN2Cc3cc(F)c(O)cc3C2=O)CC1. The molecule has 1 N–H and O–H groups in total. The molecule has 0 radical (unpaired) electrons. The van der Waals surface area contributed by atoms with Gasteiger partial charge < -0.3 is 14.7 Å². The minimum Gasteiger partial charge on any atom is -0.505 e. The third kappa shape index (κ3) is 4.13. The van der Waals surface area contributed by atoms with E-state index in [-0.39, 0.29) is 11.7 Å². The number of ether oxygens (including phenoxy) is 1. The average molecular weight is 415 g/mol. The first-order valence-corrected chi connectivity index (χ1v) is 10.5. The second kappa shape index (κ2) is 7.89. The molecule has 0 aromatic heterocycles. The molecule has 0 unspecified atom stereocenters. The van der Waals surface area contributed by atoms with Gasteiger partial charge in [0.25, 0.3) is 5.91 Å². The van der Waals surface area contributed by atoms with Crippen molar-refractivity contribution in [2.75, 3.05) is 6.54 Å². The predicted molar refractivity (Wildman–Crippen MR) is 109 cm³/mol. The molecule has 2 aromatic carbocycles. The van der Waals surface area contributed by atoms with Crippen LogP contribution in [-0.4, -0.2) is 28.1 Å². The van der Waals surface area contributed by atoms with E-state index in [2.05, 4.69) is 0 Å². The number of hydrogen-bond donors (Lipinski definition) is 1. The first-order valence-electron chi connectivity index (χ1n) is 10.5. The highest BCUT2D eigenvalue weighted by molar-refractivity contribution is 5.98. The molecule has 0 saturated heterocycles. The molecular formula is C24H27F2NO3. The lowest BCUT2D eigenvalue weighted by atomic mass is 9.74. The number of amides is 1. The number of aromatic hydroxyl groups is 1. The summed E-state index contributed by atoms with van der Waals surface area (Å²) in [5, 5.41) is 9.56. The highest BCUT2D eigenvalue weighted by Gasteiger charge is 2.37. The van der Waals surface area contributed by atoms with Gasteiger partial charge in [0.15, 0.2) is 11.6 Å². The zero-order valence-corrected chi connectivity index (χ0v) is 17.3. The van der Waals surface area contributed by atoms with Crippen LogP contribution in [0.4, 0.5) is 8.78 Å². The second-order valence-corrected chi connectivity index (χ2v) is 9.03. The van der Waals surface area contributed by atoms with E-state index in [1.165, 1.54) is 24.3 Å². The number of fused-ring (bicyclic) bond motifs is 1. The Balaban J connectivity index is 1.33. The summed E-state index contributed by atoms with van der Waals surface area (Å²) < 4.78 is 33.2. The molecule has 0 atom stereocenters. The van der Waals surface area contributed by atoms with Gasteiger partial charge in [-0.2, -0.15) is 0 Å². The van der Waals surface area contributed by atoms with Gasteiger partial charge in [-0.25, -0.2) is 8.78 Å². The minimum atomic E-state index is -0.690. The molecule has 0 spiro atoms. The number of carbonyl (C=O) groups is 1. The molecule has 160 valence electrons. The Kier molecular flexibility index (Phi) is 5.43. The van der Waals surface area contributed by atoms with E-state index >= 15 is 0 Å². The van der Waals surface area contributed by atoms with E-state index in [4.69, 9.17) is 4.74 Å². The Labute approximate surface area is 175 Å². The van der Waals surface area contributed by atoms with Crippen LogP contribution >= 0.6 is 0 Å². The Morgan fingerprint density at radius 2 is 1.87 bits per heavy atom. The quantitative estimate of drug-likeness (QED) is 0.722. The monoisotopic (exact) mass is 415 g/mol. The van der Waals surface area contributed by atoms with Gasteiger partial charge in [0, 0.05) is 24.7 Å². The third-order valence-corrected chi connectivity index (χ3v) is 6.54. The summed E-state index contributed by atoms with van der Waals surface area (Å²) in [6, 6.07) is 8.72. The van der Waals surface area contributed by atoms with Crippen LogP contribution in [0.15, 0.2) is 36.4 Å². The lowest BCUT2D eigenvalue weighted by molar-refractivity contribution is 0.0139. The maximum atomic E-state index is 13.6. The minimum absolute atomic E-state index is 0.141. The van der Waals surface area contributed by atoms with Crippen molar-refractivity contribution < 1.29 is 23.4 Å². The first-order chi connectivity index (χ1) is 14.2. The number of rotatable bonds is 5. The van der Waals surface area contributed by atoms with Crippen LogP contribution in [0, 0.1) is 23.5 Å². The summed E-state index contributed by atoms with van der Waals surface area (Å²) in [4.78, 5) is 14.4. The summed E-state index contributed by atoms with van der Waals surface area (Å²) in [6.07, 6.45) is 3.88. The molecule has 1 aliphatic carbocycles. The molecule has 1 aliphatic heterocycles. The van der Waals surface area contributed by atoms with Gasteiger partial charge in [0.05, 0.1) is 0 Å². The molecule has 4 rings (SSSR count). The van der Waals surface area contributed by atoms with Gasteiger partial charge >= 0.3 is 0 Å². The Morgan fingerprint density at radius 1 is 1.13 bits per heavy atom. The number of phenolic OH excluding ortho intramolecular Hbond substituents is 1. The van der Waals surface area contributed by atoms with Crippen molar-refractivity contribution in [3.05, 3.63) is 59.2 Å². The van der Waals surface area contributed by atoms with Crippen molar-refractivity contribution in [1.29, 1.82) is 0 Å².